The zero-order valence-electron chi connectivity index (χ0n) is 15.6. The summed E-state index contributed by atoms with van der Waals surface area (Å²) in [6.45, 7) is 1.29. The number of hydrogen-bond acceptors (Lipinski definition) is 5. The van der Waals surface area contributed by atoms with Crippen molar-refractivity contribution in [3.63, 3.8) is 0 Å². The summed E-state index contributed by atoms with van der Waals surface area (Å²) in [6, 6.07) is 2.10. The number of carbonyl (C=O) groups is 2. The first-order chi connectivity index (χ1) is 13.7. The molecule has 0 bridgehead atoms. The van der Waals surface area contributed by atoms with E-state index in [0.717, 1.165) is 37.1 Å². The number of Topliss-reactive ketones (excluding diaryl/α,β-unsaturated/α-hetero) is 1. The lowest BCUT2D eigenvalue weighted by Crippen LogP contribution is -2.34. The van der Waals surface area contributed by atoms with Gasteiger partial charge in [0.2, 0.25) is 0 Å². The van der Waals surface area contributed by atoms with Gasteiger partial charge in [0.1, 0.15) is 5.78 Å². The standard InChI is InChI=1S/C22H21N3O2S/c26-21(15-4-5-15)11-17-10-19(18-2-1-3-20(18)24-17)14-6-8-25(9-7-14)22(27)16-12-23-28-13-16/h1-2,6,10,12-13,15H,3-5,7-9,11H2. The fourth-order valence-electron chi connectivity index (χ4n) is 3.97. The molecule has 6 heteroatoms. The number of carbonyl (C=O) groups excluding carboxylic acids is 2. The van der Waals surface area contributed by atoms with Crippen LogP contribution in [0.4, 0.5) is 0 Å². The number of amides is 1. The van der Waals surface area contributed by atoms with Gasteiger partial charge in [-0.2, -0.15) is 0 Å². The Bertz CT molecular complexity index is 1000. The Morgan fingerprint density at radius 3 is 2.89 bits per heavy atom. The van der Waals surface area contributed by atoms with Gasteiger partial charge in [-0.1, -0.05) is 18.2 Å². The van der Waals surface area contributed by atoms with Crippen molar-refractivity contribution in [3.05, 3.63) is 57.9 Å². The molecule has 1 fully saturated rings. The van der Waals surface area contributed by atoms with Gasteiger partial charge in [0.15, 0.2) is 0 Å². The van der Waals surface area contributed by atoms with E-state index in [1.54, 1.807) is 11.6 Å². The molecule has 2 aliphatic carbocycles. The van der Waals surface area contributed by atoms with Crippen LogP contribution in [0.25, 0.3) is 11.6 Å². The summed E-state index contributed by atoms with van der Waals surface area (Å²) >= 11 is 1.30. The minimum Gasteiger partial charge on any atom is -0.334 e. The second-order valence-electron chi connectivity index (χ2n) is 7.69. The molecule has 28 heavy (non-hydrogen) atoms. The molecule has 0 atom stereocenters. The highest BCUT2D eigenvalue weighted by molar-refractivity contribution is 7.03. The van der Waals surface area contributed by atoms with E-state index in [-0.39, 0.29) is 11.8 Å². The Hall–Kier alpha value is -2.60. The van der Waals surface area contributed by atoms with E-state index in [4.69, 9.17) is 4.98 Å². The summed E-state index contributed by atoms with van der Waals surface area (Å²) in [4.78, 5) is 31.4. The van der Waals surface area contributed by atoms with Gasteiger partial charge in [-0.3, -0.25) is 14.6 Å². The lowest BCUT2D eigenvalue weighted by molar-refractivity contribution is -0.119. The average molecular weight is 391 g/mol. The fourth-order valence-corrected chi connectivity index (χ4v) is 4.48. The number of allylic oxidation sites excluding steroid dienone is 1. The van der Waals surface area contributed by atoms with Crippen LogP contribution >= 0.6 is 11.5 Å². The molecular formula is C22H21N3O2S. The molecular weight excluding hydrogens is 370 g/mol. The molecule has 0 radical (unpaired) electrons. The smallest absolute Gasteiger partial charge is 0.256 e. The van der Waals surface area contributed by atoms with Crippen molar-refractivity contribution in [2.24, 2.45) is 5.92 Å². The minimum absolute atomic E-state index is 0.0413. The molecule has 0 aromatic carbocycles. The highest BCUT2D eigenvalue weighted by atomic mass is 32.1. The summed E-state index contributed by atoms with van der Waals surface area (Å²) in [5.74, 6) is 0.624. The molecule has 0 spiro atoms. The molecule has 0 saturated heterocycles. The number of ketones is 1. The molecule has 2 aromatic rings. The van der Waals surface area contributed by atoms with Crippen molar-refractivity contribution in [1.82, 2.24) is 14.3 Å². The highest BCUT2D eigenvalue weighted by Crippen LogP contribution is 2.34. The molecule has 2 aromatic heterocycles. The minimum atomic E-state index is 0.0413. The third-order valence-corrected chi connectivity index (χ3v) is 6.28. The predicted octanol–water partition coefficient (Wildman–Crippen LogP) is 3.56. The Kier molecular flexibility index (Phi) is 4.43. The Morgan fingerprint density at radius 1 is 1.29 bits per heavy atom. The molecule has 5 rings (SSSR count). The van der Waals surface area contributed by atoms with Crippen molar-refractivity contribution < 1.29 is 9.59 Å². The number of rotatable bonds is 5. The van der Waals surface area contributed by atoms with E-state index in [1.807, 2.05) is 4.90 Å². The Balaban J connectivity index is 1.39. The van der Waals surface area contributed by atoms with Crippen LogP contribution < -0.4 is 0 Å². The van der Waals surface area contributed by atoms with Crippen molar-refractivity contribution in [3.8, 4) is 0 Å². The van der Waals surface area contributed by atoms with E-state index in [1.165, 1.54) is 28.2 Å². The van der Waals surface area contributed by atoms with Crippen LogP contribution in [-0.2, 0) is 17.6 Å². The topological polar surface area (TPSA) is 63.2 Å². The lowest BCUT2D eigenvalue weighted by Gasteiger charge is -2.27. The van der Waals surface area contributed by atoms with Gasteiger partial charge in [-0.05, 0) is 48.0 Å². The first-order valence-electron chi connectivity index (χ1n) is 9.79. The lowest BCUT2D eigenvalue weighted by atomic mass is 9.93. The van der Waals surface area contributed by atoms with E-state index in [9.17, 15) is 9.59 Å². The third-order valence-electron chi connectivity index (χ3n) is 5.70. The largest absolute Gasteiger partial charge is 0.334 e. The van der Waals surface area contributed by atoms with Gasteiger partial charge in [0.05, 0.1) is 17.5 Å². The van der Waals surface area contributed by atoms with Gasteiger partial charge in [-0.25, -0.2) is 4.37 Å². The predicted molar refractivity (Wildman–Crippen MR) is 109 cm³/mol. The van der Waals surface area contributed by atoms with Gasteiger partial charge in [0.25, 0.3) is 5.91 Å². The van der Waals surface area contributed by atoms with Crippen LogP contribution in [0.1, 0.15) is 52.1 Å². The van der Waals surface area contributed by atoms with Crippen LogP contribution in [0.2, 0.25) is 0 Å². The van der Waals surface area contributed by atoms with Crippen LogP contribution in [0, 0.1) is 5.92 Å². The summed E-state index contributed by atoms with van der Waals surface area (Å²) in [7, 11) is 0. The quantitative estimate of drug-likeness (QED) is 0.782. The SMILES string of the molecule is O=C(Cc1cc(C2=CCN(C(=O)c3cnsc3)CC2)c2c(n1)CC=C2)C1CC1. The normalized spacial score (nSPS) is 18.1. The summed E-state index contributed by atoms with van der Waals surface area (Å²) < 4.78 is 4.03. The molecule has 142 valence electrons. The summed E-state index contributed by atoms with van der Waals surface area (Å²) in [5.41, 5.74) is 6.23. The van der Waals surface area contributed by atoms with Gasteiger partial charge < -0.3 is 4.90 Å². The molecule has 0 unspecified atom stereocenters. The van der Waals surface area contributed by atoms with Gasteiger partial charge >= 0.3 is 0 Å². The molecule has 1 aliphatic heterocycles. The van der Waals surface area contributed by atoms with Gasteiger partial charge in [-0.15, -0.1) is 0 Å². The number of fused-ring (bicyclic) bond motifs is 1. The molecule has 0 N–H and O–H groups in total. The highest BCUT2D eigenvalue weighted by Gasteiger charge is 2.30. The Morgan fingerprint density at radius 2 is 2.18 bits per heavy atom. The molecule has 3 heterocycles. The van der Waals surface area contributed by atoms with Crippen molar-refractivity contribution in [1.29, 1.82) is 0 Å². The zero-order valence-corrected chi connectivity index (χ0v) is 16.4. The van der Waals surface area contributed by atoms with E-state index in [0.29, 0.717) is 30.9 Å². The van der Waals surface area contributed by atoms with Crippen LogP contribution in [0.15, 0.2) is 29.8 Å². The van der Waals surface area contributed by atoms with Crippen LogP contribution in [0.5, 0.6) is 0 Å². The Labute approximate surface area is 168 Å². The summed E-state index contributed by atoms with van der Waals surface area (Å²) in [6.07, 6.45) is 12.2. The van der Waals surface area contributed by atoms with E-state index >= 15 is 0 Å². The maximum atomic E-state index is 12.5. The second kappa shape index (κ2) is 7.09. The second-order valence-corrected chi connectivity index (χ2v) is 8.35. The van der Waals surface area contributed by atoms with E-state index < -0.39 is 0 Å². The number of hydrogen-bond donors (Lipinski definition) is 0. The maximum Gasteiger partial charge on any atom is 0.256 e. The van der Waals surface area contributed by atoms with Gasteiger partial charge in [0, 0.05) is 48.5 Å². The molecule has 1 saturated carbocycles. The molecule has 3 aliphatic rings. The molecule has 1 amide bonds. The number of nitrogens with zero attached hydrogens (tertiary/aromatic N) is 3. The van der Waals surface area contributed by atoms with Crippen molar-refractivity contribution >= 4 is 34.9 Å². The van der Waals surface area contributed by atoms with E-state index in [2.05, 4.69) is 28.7 Å². The first-order valence-corrected chi connectivity index (χ1v) is 10.6. The number of aromatic nitrogens is 2. The maximum absolute atomic E-state index is 12.5. The van der Waals surface area contributed by atoms with Crippen molar-refractivity contribution in [2.45, 2.75) is 32.1 Å². The fraction of sp³-hybridized carbons (Fsp3) is 0.364. The monoisotopic (exact) mass is 391 g/mol. The van der Waals surface area contributed by atoms with Crippen molar-refractivity contribution in [2.75, 3.05) is 13.1 Å². The van der Waals surface area contributed by atoms with Crippen LogP contribution in [-0.4, -0.2) is 39.0 Å². The molecule has 5 nitrogen and oxygen atoms in total. The third kappa shape index (κ3) is 3.33. The zero-order chi connectivity index (χ0) is 19.1. The average Bonchev–Trinajstić information content (AvgIpc) is 3.22. The number of pyridine rings is 1. The summed E-state index contributed by atoms with van der Waals surface area (Å²) in [5, 5.41) is 1.80. The van der Waals surface area contributed by atoms with Crippen LogP contribution in [0.3, 0.4) is 0 Å². The first kappa shape index (κ1) is 17.5.